The summed E-state index contributed by atoms with van der Waals surface area (Å²) in [6.07, 6.45) is 2.01. The number of thiazole rings is 1. The third-order valence-electron chi connectivity index (χ3n) is 5.04. The molecule has 0 unspecified atom stereocenters. The number of benzene rings is 1. The molecule has 0 bridgehead atoms. The number of aromatic nitrogens is 3. The monoisotopic (exact) mass is 460 g/mol. The summed E-state index contributed by atoms with van der Waals surface area (Å²) >= 11 is 2.87. The predicted molar refractivity (Wildman–Crippen MR) is 132 cm³/mol. The number of pyridine rings is 1. The number of hydrogen-bond acceptors (Lipinski definition) is 7. The number of carbonyl (C=O) groups is 1. The van der Waals surface area contributed by atoms with Crippen molar-refractivity contribution in [3.63, 3.8) is 0 Å². The molecule has 0 saturated heterocycles. The number of anilines is 4. The fourth-order valence-corrected chi connectivity index (χ4v) is 5.07. The molecule has 4 heterocycles. The Balaban J connectivity index is 1.35. The third-order valence-corrected chi connectivity index (χ3v) is 6.79. The van der Waals surface area contributed by atoms with Gasteiger partial charge in [-0.3, -0.25) is 9.20 Å². The zero-order valence-corrected chi connectivity index (χ0v) is 19.1. The van der Waals surface area contributed by atoms with Crippen molar-refractivity contribution in [1.29, 1.82) is 0 Å². The van der Waals surface area contributed by atoms with Crippen molar-refractivity contribution in [2.45, 2.75) is 13.8 Å². The number of nitrogens with one attached hydrogen (secondary N) is 2. The zero-order valence-electron chi connectivity index (χ0n) is 17.4. The normalized spacial score (nSPS) is 11.1. The number of imidazole rings is 1. The number of nitrogens with two attached hydrogens (primary N) is 1. The largest absolute Gasteiger partial charge is 0.397 e. The quantitative estimate of drug-likeness (QED) is 0.292. The molecule has 5 aromatic rings. The second-order valence-corrected chi connectivity index (χ2v) is 9.24. The lowest BCUT2D eigenvalue weighted by Crippen LogP contribution is -2.11. The summed E-state index contributed by atoms with van der Waals surface area (Å²) < 4.78 is 2.08. The van der Waals surface area contributed by atoms with Crippen molar-refractivity contribution in [3.05, 3.63) is 76.2 Å². The molecule has 0 atom stereocenters. The van der Waals surface area contributed by atoms with E-state index in [-0.39, 0.29) is 5.91 Å². The average molecular weight is 461 g/mol. The van der Waals surface area contributed by atoms with Crippen LogP contribution in [0.5, 0.6) is 0 Å². The van der Waals surface area contributed by atoms with E-state index in [1.54, 1.807) is 18.2 Å². The van der Waals surface area contributed by atoms with E-state index in [0.717, 1.165) is 38.4 Å². The number of nitrogen functional groups attached to an aromatic ring is 1. The minimum atomic E-state index is -0.197. The van der Waals surface area contributed by atoms with E-state index in [0.29, 0.717) is 16.3 Å². The highest BCUT2D eigenvalue weighted by Crippen LogP contribution is 2.32. The number of thiophene rings is 1. The Hall–Kier alpha value is -3.69. The fourth-order valence-electron chi connectivity index (χ4n) is 3.49. The topological polar surface area (TPSA) is 97.3 Å². The van der Waals surface area contributed by atoms with Gasteiger partial charge in [-0.25, -0.2) is 9.97 Å². The van der Waals surface area contributed by atoms with Crippen LogP contribution in [0.2, 0.25) is 0 Å². The molecule has 0 aliphatic rings. The smallest absolute Gasteiger partial charge is 0.265 e. The second-order valence-electron chi connectivity index (χ2n) is 7.30. The van der Waals surface area contributed by atoms with Gasteiger partial charge in [-0.2, -0.15) is 0 Å². The van der Waals surface area contributed by atoms with Crippen molar-refractivity contribution < 1.29 is 4.79 Å². The van der Waals surface area contributed by atoms with Crippen molar-refractivity contribution in [3.8, 4) is 11.4 Å². The van der Waals surface area contributed by atoms with Crippen LogP contribution in [0.4, 0.5) is 21.5 Å². The van der Waals surface area contributed by atoms with E-state index >= 15 is 0 Å². The molecule has 160 valence electrons. The minimum absolute atomic E-state index is 0.197. The molecule has 1 amide bonds. The number of fused-ring (bicyclic) bond motifs is 1. The van der Waals surface area contributed by atoms with Crippen LogP contribution < -0.4 is 16.4 Å². The van der Waals surface area contributed by atoms with E-state index in [1.807, 2.05) is 42.8 Å². The Morgan fingerprint density at radius 1 is 1.06 bits per heavy atom. The summed E-state index contributed by atoms with van der Waals surface area (Å²) in [5, 5.41) is 9.76. The van der Waals surface area contributed by atoms with Crippen molar-refractivity contribution in [2.24, 2.45) is 0 Å². The highest BCUT2D eigenvalue weighted by Gasteiger charge is 2.16. The molecule has 0 saturated carbocycles. The lowest BCUT2D eigenvalue weighted by molar-refractivity contribution is 0.103. The van der Waals surface area contributed by atoms with Gasteiger partial charge in [-0.15, -0.1) is 22.7 Å². The van der Waals surface area contributed by atoms with Crippen molar-refractivity contribution in [2.75, 3.05) is 16.4 Å². The molecule has 1 aromatic carbocycles. The van der Waals surface area contributed by atoms with Crippen LogP contribution in [0.15, 0.2) is 60.1 Å². The van der Waals surface area contributed by atoms with Gasteiger partial charge in [0.25, 0.3) is 5.91 Å². The van der Waals surface area contributed by atoms with Crippen LogP contribution in [0, 0.1) is 13.8 Å². The van der Waals surface area contributed by atoms with Crippen LogP contribution in [0.3, 0.4) is 0 Å². The SMILES string of the molecule is Cc1nc2c(C)cccn2c1-c1csc(Nc2ccc(C(=O)Nc3ccccc3N)s2)n1. The lowest BCUT2D eigenvalue weighted by Gasteiger charge is -2.06. The first-order valence-corrected chi connectivity index (χ1v) is 11.6. The van der Waals surface area contributed by atoms with Gasteiger partial charge in [0.2, 0.25) is 0 Å². The summed E-state index contributed by atoms with van der Waals surface area (Å²) in [5.74, 6) is -0.197. The Labute approximate surface area is 192 Å². The summed E-state index contributed by atoms with van der Waals surface area (Å²) in [4.78, 5) is 22.6. The summed E-state index contributed by atoms with van der Waals surface area (Å²) in [6, 6.07) is 14.9. The first kappa shape index (κ1) is 20.2. The molecule has 4 aromatic heterocycles. The van der Waals surface area contributed by atoms with E-state index in [2.05, 4.69) is 28.0 Å². The van der Waals surface area contributed by atoms with Crippen LogP contribution in [0.1, 0.15) is 20.9 Å². The van der Waals surface area contributed by atoms with Crippen molar-refractivity contribution >= 4 is 55.7 Å². The van der Waals surface area contributed by atoms with Crippen LogP contribution >= 0.6 is 22.7 Å². The molecular formula is C23H20N6OS2. The van der Waals surface area contributed by atoms with E-state index in [4.69, 9.17) is 15.7 Å². The Kier molecular flexibility index (Phi) is 5.12. The third kappa shape index (κ3) is 3.72. The lowest BCUT2D eigenvalue weighted by atomic mass is 10.2. The van der Waals surface area contributed by atoms with Gasteiger partial charge < -0.3 is 16.4 Å². The van der Waals surface area contributed by atoms with Gasteiger partial charge in [0.05, 0.1) is 32.6 Å². The van der Waals surface area contributed by atoms with Gasteiger partial charge in [-0.05, 0) is 49.7 Å². The maximum absolute atomic E-state index is 12.6. The van der Waals surface area contributed by atoms with Crippen LogP contribution in [0.25, 0.3) is 17.0 Å². The molecule has 0 spiro atoms. The summed E-state index contributed by atoms with van der Waals surface area (Å²) in [7, 11) is 0. The highest BCUT2D eigenvalue weighted by atomic mass is 32.1. The van der Waals surface area contributed by atoms with Crippen LogP contribution in [-0.2, 0) is 0 Å². The van der Waals surface area contributed by atoms with Gasteiger partial charge in [0.1, 0.15) is 11.3 Å². The van der Waals surface area contributed by atoms with Gasteiger partial charge in [0, 0.05) is 11.6 Å². The van der Waals surface area contributed by atoms with Crippen LogP contribution in [-0.4, -0.2) is 20.3 Å². The molecule has 0 aliphatic carbocycles. The average Bonchev–Trinajstić information content (AvgIpc) is 3.49. The molecular weight excluding hydrogens is 440 g/mol. The molecule has 0 aliphatic heterocycles. The summed E-state index contributed by atoms with van der Waals surface area (Å²) in [5.41, 5.74) is 11.9. The Morgan fingerprint density at radius 3 is 2.75 bits per heavy atom. The number of nitrogens with zero attached hydrogens (tertiary/aromatic N) is 3. The van der Waals surface area contributed by atoms with E-state index < -0.39 is 0 Å². The standard InChI is InChI=1S/C23H20N6OS2/c1-13-6-5-11-29-20(14(2)25-21(13)29)17-12-31-23(27-17)28-19-10-9-18(32-19)22(30)26-16-8-4-3-7-15(16)24/h3-12H,24H2,1-2H3,(H,26,30)(H,27,28). The fraction of sp³-hybridized carbons (Fsp3) is 0.0870. The molecule has 0 fully saturated rings. The summed E-state index contributed by atoms with van der Waals surface area (Å²) in [6.45, 7) is 4.05. The first-order chi connectivity index (χ1) is 15.5. The van der Waals surface area contributed by atoms with E-state index in [1.165, 1.54) is 22.7 Å². The minimum Gasteiger partial charge on any atom is -0.397 e. The predicted octanol–water partition coefficient (Wildman–Crippen LogP) is 5.71. The first-order valence-electron chi connectivity index (χ1n) is 9.92. The number of carbonyl (C=O) groups excluding carboxylic acids is 1. The Bertz CT molecular complexity index is 1450. The van der Waals surface area contributed by atoms with Gasteiger partial charge >= 0.3 is 0 Å². The van der Waals surface area contributed by atoms with Crippen molar-refractivity contribution in [1.82, 2.24) is 14.4 Å². The molecule has 4 N–H and O–H groups in total. The molecule has 9 heteroatoms. The number of amides is 1. The second kappa shape index (κ2) is 8.10. The number of para-hydroxylation sites is 2. The highest BCUT2D eigenvalue weighted by molar-refractivity contribution is 7.19. The maximum Gasteiger partial charge on any atom is 0.265 e. The zero-order chi connectivity index (χ0) is 22.2. The molecule has 5 rings (SSSR count). The number of rotatable bonds is 5. The maximum atomic E-state index is 12.6. The molecule has 0 radical (unpaired) electrons. The number of aryl methyl sites for hydroxylation is 2. The molecule has 32 heavy (non-hydrogen) atoms. The van der Waals surface area contributed by atoms with Gasteiger partial charge in [-0.1, -0.05) is 18.2 Å². The Morgan fingerprint density at radius 2 is 1.91 bits per heavy atom. The molecule has 7 nitrogen and oxygen atoms in total. The van der Waals surface area contributed by atoms with E-state index in [9.17, 15) is 4.79 Å². The van der Waals surface area contributed by atoms with Gasteiger partial charge in [0.15, 0.2) is 5.13 Å². The number of hydrogen-bond donors (Lipinski definition) is 3.